The van der Waals surface area contributed by atoms with Gasteiger partial charge in [0, 0.05) is 0 Å². The molecule has 2 N–H and O–H groups in total. The molecule has 0 spiro atoms. The van der Waals surface area contributed by atoms with Gasteiger partial charge in [0.05, 0.1) is 0 Å². The van der Waals surface area contributed by atoms with E-state index in [1.165, 1.54) is 18.4 Å². The van der Waals surface area contributed by atoms with E-state index in [0.29, 0.717) is 5.75 Å². The van der Waals surface area contributed by atoms with Crippen LogP contribution >= 0.6 is 0 Å². The molecule has 88 valence electrons. The Morgan fingerprint density at radius 1 is 1.38 bits per heavy atom. The molecule has 2 rings (SSSR count). The molecule has 1 aromatic rings. The molecule has 0 saturated carbocycles. The third kappa shape index (κ3) is 2.38. The van der Waals surface area contributed by atoms with Crippen LogP contribution in [0.15, 0.2) is 12.1 Å². The summed E-state index contributed by atoms with van der Waals surface area (Å²) in [6.45, 7) is 6.25. The van der Waals surface area contributed by atoms with Gasteiger partial charge in [0.1, 0.15) is 5.75 Å². The number of rotatable bonds is 2. The Morgan fingerprint density at radius 3 is 2.88 bits per heavy atom. The summed E-state index contributed by atoms with van der Waals surface area (Å²) >= 11 is 0. The van der Waals surface area contributed by atoms with E-state index in [1.807, 2.05) is 19.9 Å². The normalized spacial score (nSPS) is 21.0. The average Bonchev–Trinajstić information content (AvgIpc) is 2.31. The van der Waals surface area contributed by atoms with Gasteiger partial charge in [-0.25, -0.2) is 0 Å². The zero-order valence-corrected chi connectivity index (χ0v) is 10.2. The van der Waals surface area contributed by atoms with Crippen molar-refractivity contribution < 1.29 is 5.11 Å². The molecule has 2 heteroatoms. The molecule has 0 bridgehead atoms. The van der Waals surface area contributed by atoms with Crippen LogP contribution in [-0.2, 0) is 6.42 Å². The highest BCUT2D eigenvalue weighted by Crippen LogP contribution is 2.27. The van der Waals surface area contributed by atoms with Crippen molar-refractivity contribution in [3.63, 3.8) is 0 Å². The first-order valence-electron chi connectivity index (χ1n) is 6.17. The maximum absolute atomic E-state index is 9.90. The molecule has 1 aromatic carbocycles. The molecule has 1 aliphatic rings. The zero-order chi connectivity index (χ0) is 11.5. The highest BCUT2D eigenvalue weighted by Gasteiger charge is 2.15. The van der Waals surface area contributed by atoms with Crippen molar-refractivity contribution in [1.29, 1.82) is 0 Å². The largest absolute Gasteiger partial charge is 0.507 e. The number of piperidine rings is 1. The van der Waals surface area contributed by atoms with Gasteiger partial charge < -0.3 is 10.4 Å². The van der Waals surface area contributed by atoms with Crippen LogP contribution in [0, 0.1) is 19.8 Å². The van der Waals surface area contributed by atoms with Crippen molar-refractivity contribution in [2.24, 2.45) is 5.92 Å². The van der Waals surface area contributed by atoms with Gasteiger partial charge in [-0.2, -0.15) is 0 Å². The third-order valence-corrected chi connectivity index (χ3v) is 3.65. The highest BCUT2D eigenvalue weighted by atomic mass is 16.3. The summed E-state index contributed by atoms with van der Waals surface area (Å²) < 4.78 is 0. The van der Waals surface area contributed by atoms with Crippen LogP contribution in [0.25, 0.3) is 0 Å². The molecule has 1 aliphatic heterocycles. The second-order valence-electron chi connectivity index (χ2n) is 4.93. The molecule has 0 radical (unpaired) electrons. The van der Waals surface area contributed by atoms with E-state index < -0.39 is 0 Å². The Morgan fingerprint density at radius 2 is 2.19 bits per heavy atom. The summed E-state index contributed by atoms with van der Waals surface area (Å²) in [5.41, 5.74) is 3.34. The molecule has 2 nitrogen and oxygen atoms in total. The number of phenols is 1. The van der Waals surface area contributed by atoms with E-state index in [1.54, 1.807) is 0 Å². The van der Waals surface area contributed by atoms with Crippen LogP contribution in [0.1, 0.15) is 29.5 Å². The Bertz CT molecular complexity index is 367. The molecule has 0 amide bonds. The van der Waals surface area contributed by atoms with Crippen LogP contribution < -0.4 is 5.32 Å². The monoisotopic (exact) mass is 219 g/mol. The fraction of sp³-hybridized carbons (Fsp3) is 0.571. The summed E-state index contributed by atoms with van der Waals surface area (Å²) in [5.74, 6) is 1.20. The third-order valence-electron chi connectivity index (χ3n) is 3.65. The Hall–Kier alpha value is -1.02. The van der Waals surface area contributed by atoms with Crippen LogP contribution in [0.2, 0.25) is 0 Å². The van der Waals surface area contributed by atoms with E-state index in [-0.39, 0.29) is 0 Å². The number of hydrogen-bond donors (Lipinski definition) is 2. The van der Waals surface area contributed by atoms with Gasteiger partial charge in [0.15, 0.2) is 0 Å². The fourth-order valence-corrected chi connectivity index (χ4v) is 2.51. The first kappa shape index (κ1) is 11.5. The fourth-order valence-electron chi connectivity index (χ4n) is 2.51. The van der Waals surface area contributed by atoms with Gasteiger partial charge >= 0.3 is 0 Å². The van der Waals surface area contributed by atoms with E-state index in [4.69, 9.17) is 0 Å². The summed E-state index contributed by atoms with van der Waals surface area (Å²) in [6, 6.07) is 4.19. The quantitative estimate of drug-likeness (QED) is 0.801. The molecule has 1 unspecified atom stereocenters. The number of phenolic OH excluding ortho intramolecular Hbond substituents is 1. The van der Waals surface area contributed by atoms with Crippen molar-refractivity contribution in [3.05, 3.63) is 28.8 Å². The van der Waals surface area contributed by atoms with Gasteiger partial charge in [-0.05, 0) is 68.8 Å². The van der Waals surface area contributed by atoms with Gasteiger partial charge in [0.2, 0.25) is 0 Å². The van der Waals surface area contributed by atoms with Gasteiger partial charge in [-0.1, -0.05) is 12.1 Å². The van der Waals surface area contributed by atoms with Crippen molar-refractivity contribution in [3.8, 4) is 5.75 Å². The predicted molar refractivity (Wildman–Crippen MR) is 66.9 cm³/mol. The minimum atomic E-state index is 0.473. The summed E-state index contributed by atoms with van der Waals surface area (Å²) in [4.78, 5) is 0. The zero-order valence-electron chi connectivity index (χ0n) is 10.2. The van der Waals surface area contributed by atoms with Crippen LogP contribution in [0.5, 0.6) is 5.75 Å². The van der Waals surface area contributed by atoms with Gasteiger partial charge in [0.25, 0.3) is 0 Å². The molecule has 16 heavy (non-hydrogen) atoms. The molecule has 1 fully saturated rings. The van der Waals surface area contributed by atoms with E-state index in [2.05, 4.69) is 11.4 Å². The number of aryl methyl sites for hydroxylation is 1. The van der Waals surface area contributed by atoms with E-state index in [9.17, 15) is 5.11 Å². The number of benzene rings is 1. The van der Waals surface area contributed by atoms with Crippen LogP contribution in [0.3, 0.4) is 0 Å². The van der Waals surface area contributed by atoms with Crippen molar-refractivity contribution in [2.75, 3.05) is 13.1 Å². The lowest BCUT2D eigenvalue weighted by molar-refractivity contribution is 0.374. The van der Waals surface area contributed by atoms with Gasteiger partial charge in [-0.3, -0.25) is 0 Å². The SMILES string of the molecule is Cc1ccc(CC2CCCNC2)c(C)c1O. The average molecular weight is 219 g/mol. The molecular formula is C14H21NO. The lowest BCUT2D eigenvalue weighted by atomic mass is 9.89. The predicted octanol–water partition coefficient (Wildman–Crippen LogP) is 2.55. The second-order valence-corrected chi connectivity index (χ2v) is 4.93. The Balaban J connectivity index is 2.11. The molecule has 0 aromatic heterocycles. The van der Waals surface area contributed by atoms with Crippen LogP contribution in [0.4, 0.5) is 0 Å². The van der Waals surface area contributed by atoms with E-state index >= 15 is 0 Å². The smallest absolute Gasteiger partial charge is 0.121 e. The molecule has 1 heterocycles. The summed E-state index contributed by atoms with van der Waals surface area (Å²) in [6.07, 6.45) is 3.68. The van der Waals surface area contributed by atoms with Gasteiger partial charge in [-0.15, -0.1) is 0 Å². The summed E-state index contributed by atoms with van der Waals surface area (Å²) in [7, 11) is 0. The number of hydrogen-bond acceptors (Lipinski definition) is 2. The molecular weight excluding hydrogens is 198 g/mol. The summed E-state index contributed by atoms with van der Waals surface area (Å²) in [5, 5.41) is 13.3. The topological polar surface area (TPSA) is 32.3 Å². The van der Waals surface area contributed by atoms with Crippen molar-refractivity contribution in [1.82, 2.24) is 5.32 Å². The Labute approximate surface area is 97.7 Å². The lowest BCUT2D eigenvalue weighted by Gasteiger charge is -2.23. The maximum atomic E-state index is 9.90. The van der Waals surface area contributed by atoms with Crippen molar-refractivity contribution in [2.45, 2.75) is 33.1 Å². The minimum Gasteiger partial charge on any atom is -0.507 e. The first-order valence-corrected chi connectivity index (χ1v) is 6.17. The van der Waals surface area contributed by atoms with E-state index in [0.717, 1.165) is 36.6 Å². The first-order chi connectivity index (χ1) is 7.68. The maximum Gasteiger partial charge on any atom is 0.121 e. The second kappa shape index (κ2) is 4.88. The molecule has 1 saturated heterocycles. The standard InChI is InChI=1S/C14H21NO/c1-10-5-6-13(11(2)14(10)16)8-12-4-3-7-15-9-12/h5-6,12,15-16H,3-4,7-9H2,1-2H3. The number of aromatic hydroxyl groups is 1. The number of nitrogens with one attached hydrogen (secondary N) is 1. The van der Waals surface area contributed by atoms with Crippen molar-refractivity contribution >= 4 is 0 Å². The molecule has 1 atom stereocenters. The van der Waals surface area contributed by atoms with Crippen LogP contribution in [-0.4, -0.2) is 18.2 Å². The lowest BCUT2D eigenvalue weighted by Crippen LogP contribution is -2.30. The molecule has 0 aliphatic carbocycles. The Kier molecular flexibility index (Phi) is 3.49. The highest BCUT2D eigenvalue weighted by molar-refractivity contribution is 5.44. The minimum absolute atomic E-state index is 0.473.